The van der Waals surface area contributed by atoms with Crippen LogP contribution < -0.4 is 5.32 Å². The van der Waals surface area contributed by atoms with Gasteiger partial charge in [-0.15, -0.1) is 0 Å². The third-order valence-corrected chi connectivity index (χ3v) is 5.77. The van der Waals surface area contributed by atoms with E-state index in [4.69, 9.17) is 9.97 Å². The average molecular weight is 439 g/mol. The second kappa shape index (κ2) is 8.31. The van der Waals surface area contributed by atoms with E-state index in [2.05, 4.69) is 5.32 Å². The Balaban J connectivity index is 1.44. The number of para-hydroxylation sites is 3. The number of hydrogen-bond donors (Lipinski definition) is 1. The Hall–Kier alpha value is -4.33. The average Bonchev–Trinajstić information content (AvgIpc) is 3.13. The second-order valence-electron chi connectivity index (χ2n) is 7.81. The Labute approximate surface area is 189 Å². The van der Waals surface area contributed by atoms with Gasteiger partial charge < -0.3 is 9.88 Å². The monoisotopic (exact) mass is 439 g/mol. The van der Waals surface area contributed by atoms with Crippen molar-refractivity contribution in [1.29, 1.82) is 0 Å². The van der Waals surface area contributed by atoms with Crippen LogP contribution in [0.25, 0.3) is 33.1 Å². The molecule has 8 nitrogen and oxygen atoms in total. The van der Waals surface area contributed by atoms with Gasteiger partial charge in [-0.05, 0) is 30.7 Å². The highest BCUT2D eigenvalue weighted by molar-refractivity contribution is 6.06. The summed E-state index contributed by atoms with van der Waals surface area (Å²) >= 11 is 0. The van der Waals surface area contributed by atoms with Gasteiger partial charge in [0.05, 0.1) is 21.5 Å². The second-order valence-corrected chi connectivity index (χ2v) is 7.81. The van der Waals surface area contributed by atoms with Crippen molar-refractivity contribution in [2.75, 3.05) is 5.32 Å². The minimum atomic E-state index is -0.421. The van der Waals surface area contributed by atoms with Gasteiger partial charge in [-0.25, -0.2) is 9.97 Å². The molecule has 0 aliphatic carbocycles. The highest BCUT2D eigenvalue weighted by Crippen LogP contribution is 2.28. The topological polar surface area (TPSA) is 103 Å². The van der Waals surface area contributed by atoms with Gasteiger partial charge in [0.1, 0.15) is 5.52 Å². The molecule has 1 N–H and O–H groups in total. The molecule has 5 rings (SSSR count). The zero-order chi connectivity index (χ0) is 22.9. The molecule has 0 aliphatic heterocycles. The van der Waals surface area contributed by atoms with Crippen LogP contribution in [0.3, 0.4) is 0 Å². The number of anilines is 1. The van der Waals surface area contributed by atoms with E-state index in [0.29, 0.717) is 24.2 Å². The van der Waals surface area contributed by atoms with Crippen molar-refractivity contribution in [3.05, 3.63) is 82.4 Å². The summed E-state index contributed by atoms with van der Waals surface area (Å²) in [5.41, 5.74) is 5.16. The van der Waals surface area contributed by atoms with Crippen LogP contribution in [0, 0.1) is 10.1 Å². The Kier molecular flexibility index (Phi) is 5.18. The van der Waals surface area contributed by atoms with Crippen LogP contribution in [0.1, 0.15) is 18.9 Å². The number of amides is 1. The van der Waals surface area contributed by atoms with Crippen LogP contribution in [0.4, 0.5) is 11.4 Å². The number of rotatable bonds is 6. The van der Waals surface area contributed by atoms with Gasteiger partial charge in [0.15, 0.2) is 5.65 Å². The minimum absolute atomic E-state index is 0.0138. The summed E-state index contributed by atoms with van der Waals surface area (Å²) in [6.07, 6.45) is 0.736. The highest BCUT2D eigenvalue weighted by atomic mass is 16.6. The Morgan fingerprint density at radius 1 is 1.03 bits per heavy atom. The third kappa shape index (κ3) is 3.76. The SMILES string of the molecule is CCc1ccc(NC(=O)CCn2c3ccccc3c3nc4ccccc4nc32)cc1[N+](=O)[O-]. The summed E-state index contributed by atoms with van der Waals surface area (Å²) in [6, 6.07) is 20.4. The molecule has 1 amide bonds. The lowest BCUT2D eigenvalue weighted by Gasteiger charge is -2.09. The Morgan fingerprint density at radius 3 is 2.52 bits per heavy atom. The largest absolute Gasteiger partial charge is 0.326 e. The number of carbonyl (C=O) groups is 1. The molecule has 2 heterocycles. The standard InChI is InChI=1S/C25H21N5O3/c1-2-16-11-12-17(15-22(16)30(32)33)26-23(31)13-14-29-21-10-6-3-7-18(21)24-25(29)28-20-9-5-4-8-19(20)27-24/h3-12,15H,2,13-14H2,1H3,(H,26,31). The molecule has 0 saturated carbocycles. The molecule has 5 aromatic rings. The fraction of sp³-hybridized carbons (Fsp3) is 0.160. The number of carbonyl (C=O) groups excluding carboxylic acids is 1. The number of aromatic nitrogens is 3. The first-order valence-electron chi connectivity index (χ1n) is 10.8. The van der Waals surface area contributed by atoms with E-state index in [1.807, 2.05) is 60.0 Å². The number of nitrogens with one attached hydrogen (secondary N) is 1. The van der Waals surface area contributed by atoms with Gasteiger partial charge in [0.2, 0.25) is 5.91 Å². The van der Waals surface area contributed by atoms with Crippen LogP contribution in [0.15, 0.2) is 66.7 Å². The van der Waals surface area contributed by atoms with E-state index in [0.717, 1.165) is 33.1 Å². The molecule has 3 aromatic carbocycles. The van der Waals surface area contributed by atoms with Crippen molar-refractivity contribution in [3.8, 4) is 0 Å². The fourth-order valence-corrected chi connectivity index (χ4v) is 4.16. The molecule has 2 aromatic heterocycles. The number of benzene rings is 3. The van der Waals surface area contributed by atoms with E-state index < -0.39 is 4.92 Å². The molecular formula is C25H21N5O3. The Morgan fingerprint density at radius 2 is 1.76 bits per heavy atom. The first kappa shape index (κ1) is 20.6. The van der Waals surface area contributed by atoms with Crippen LogP contribution in [0.2, 0.25) is 0 Å². The van der Waals surface area contributed by atoms with Gasteiger partial charge in [-0.3, -0.25) is 14.9 Å². The summed E-state index contributed by atoms with van der Waals surface area (Å²) in [5.74, 6) is -0.228. The molecule has 0 aliphatic rings. The summed E-state index contributed by atoms with van der Waals surface area (Å²) in [7, 11) is 0. The number of fused-ring (bicyclic) bond motifs is 4. The van der Waals surface area contributed by atoms with Gasteiger partial charge >= 0.3 is 0 Å². The number of nitro groups is 1. The zero-order valence-electron chi connectivity index (χ0n) is 18.0. The quantitative estimate of drug-likeness (QED) is 0.288. The lowest BCUT2D eigenvalue weighted by molar-refractivity contribution is -0.385. The summed E-state index contributed by atoms with van der Waals surface area (Å²) in [5, 5.41) is 15.1. The van der Waals surface area contributed by atoms with E-state index in [1.54, 1.807) is 12.1 Å². The van der Waals surface area contributed by atoms with Crippen molar-refractivity contribution in [2.24, 2.45) is 0 Å². The van der Waals surface area contributed by atoms with Gasteiger partial charge in [0.25, 0.3) is 5.69 Å². The molecule has 8 heteroatoms. The molecule has 0 bridgehead atoms. The maximum Gasteiger partial charge on any atom is 0.274 e. The molecule has 0 spiro atoms. The van der Waals surface area contributed by atoms with E-state index in [-0.39, 0.29) is 18.0 Å². The van der Waals surface area contributed by atoms with Crippen molar-refractivity contribution < 1.29 is 9.72 Å². The van der Waals surface area contributed by atoms with Crippen LogP contribution in [-0.4, -0.2) is 25.4 Å². The summed E-state index contributed by atoms with van der Waals surface area (Å²) in [4.78, 5) is 33.2. The lowest BCUT2D eigenvalue weighted by atomic mass is 10.1. The molecular weight excluding hydrogens is 418 g/mol. The van der Waals surface area contributed by atoms with Crippen molar-refractivity contribution in [3.63, 3.8) is 0 Å². The van der Waals surface area contributed by atoms with Crippen LogP contribution in [0.5, 0.6) is 0 Å². The van der Waals surface area contributed by atoms with E-state index >= 15 is 0 Å². The van der Waals surface area contributed by atoms with E-state index in [1.165, 1.54) is 6.07 Å². The smallest absolute Gasteiger partial charge is 0.274 e. The normalized spacial score (nSPS) is 11.3. The van der Waals surface area contributed by atoms with Crippen molar-refractivity contribution >= 4 is 50.4 Å². The predicted octanol–water partition coefficient (Wildman–Crippen LogP) is 5.24. The molecule has 164 valence electrons. The Bertz CT molecular complexity index is 1540. The molecule has 0 atom stereocenters. The predicted molar refractivity (Wildman–Crippen MR) is 128 cm³/mol. The van der Waals surface area contributed by atoms with Gasteiger partial charge in [0, 0.05) is 35.7 Å². The van der Waals surface area contributed by atoms with Gasteiger partial charge in [-0.2, -0.15) is 0 Å². The molecule has 0 saturated heterocycles. The summed E-state index contributed by atoms with van der Waals surface area (Å²) < 4.78 is 2.01. The van der Waals surface area contributed by atoms with Crippen molar-refractivity contribution in [1.82, 2.24) is 14.5 Å². The maximum atomic E-state index is 12.7. The van der Waals surface area contributed by atoms with E-state index in [9.17, 15) is 14.9 Å². The van der Waals surface area contributed by atoms with Crippen LogP contribution >= 0.6 is 0 Å². The van der Waals surface area contributed by atoms with Crippen molar-refractivity contribution in [2.45, 2.75) is 26.3 Å². The number of nitrogens with zero attached hydrogens (tertiary/aromatic N) is 4. The first-order chi connectivity index (χ1) is 16.0. The van der Waals surface area contributed by atoms with Gasteiger partial charge in [-0.1, -0.05) is 43.3 Å². The summed E-state index contributed by atoms with van der Waals surface area (Å²) in [6.45, 7) is 2.26. The van der Waals surface area contributed by atoms with Crippen LogP contribution in [-0.2, 0) is 17.8 Å². The minimum Gasteiger partial charge on any atom is -0.326 e. The molecule has 0 radical (unpaired) electrons. The molecule has 33 heavy (non-hydrogen) atoms. The first-order valence-corrected chi connectivity index (χ1v) is 10.8. The number of nitro benzene ring substituents is 1. The molecule has 0 fully saturated rings. The lowest BCUT2D eigenvalue weighted by Crippen LogP contribution is -2.15. The third-order valence-electron chi connectivity index (χ3n) is 5.77. The zero-order valence-corrected chi connectivity index (χ0v) is 18.0. The highest BCUT2D eigenvalue weighted by Gasteiger charge is 2.17. The fourth-order valence-electron chi connectivity index (χ4n) is 4.16. The number of aryl methyl sites for hydroxylation is 2. The molecule has 0 unspecified atom stereocenters. The maximum absolute atomic E-state index is 12.7. The number of hydrogen-bond acceptors (Lipinski definition) is 5.